The quantitative estimate of drug-likeness (QED) is 0.582. The first-order valence-corrected chi connectivity index (χ1v) is 5.51. The lowest BCUT2D eigenvalue weighted by atomic mass is 9.75. The molecule has 1 saturated carbocycles. The van der Waals surface area contributed by atoms with Crippen molar-refractivity contribution in [2.24, 2.45) is 23.2 Å². The van der Waals surface area contributed by atoms with Gasteiger partial charge in [0, 0.05) is 0 Å². The van der Waals surface area contributed by atoms with E-state index >= 15 is 0 Å². The van der Waals surface area contributed by atoms with Crippen LogP contribution in [0.3, 0.4) is 0 Å². The third-order valence-corrected chi connectivity index (χ3v) is 4.39. The Hall–Kier alpha value is 0. The molecule has 0 spiro atoms. The zero-order valence-electron chi connectivity index (χ0n) is 9.35. The summed E-state index contributed by atoms with van der Waals surface area (Å²) in [5.74, 6) is 2.80. The minimum absolute atomic E-state index is 0.646. The van der Waals surface area contributed by atoms with Crippen LogP contribution >= 0.6 is 0 Å². The van der Waals surface area contributed by atoms with Crippen molar-refractivity contribution in [3.63, 3.8) is 0 Å². The van der Waals surface area contributed by atoms with Gasteiger partial charge in [-0.1, -0.05) is 41.0 Å². The highest BCUT2D eigenvalue weighted by molar-refractivity contribution is 4.92. The van der Waals surface area contributed by atoms with E-state index in [1.165, 1.54) is 19.3 Å². The molecule has 0 aromatic heterocycles. The van der Waals surface area contributed by atoms with Crippen LogP contribution in [0.25, 0.3) is 0 Å². The molecule has 0 radical (unpaired) electrons. The fourth-order valence-electron chi connectivity index (χ4n) is 3.14. The molecule has 0 heteroatoms. The fourth-order valence-corrected chi connectivity index (χ4v) is 3.14. The SMILES string of the molecule is CCCC1(C)CC(C)C(C)C1C. The molecule has 72 valence electrons. The van der Waals surface area contributed by atoms with Crippen LogP contribution in [0, 0.1) is 23.2 Å². The summed E-state index contributed by atoms with van der Waals surface area (Å²) in [5, 5.41) is 0. The maximum absolute atomic E-state index is 2.49. The van der Waals surface area contributed by atoms with Gasteiger partial charge in [0.2, 0.25) is 0 Å². The van der Waals surface area contributed by atoms with E-state index in [0.717, 1.165) is 17.8 Å². The second-order valence-corrected chi connectivity index (χ2v) is 5.23. The van der Waals surface area contributed by atoms with Crippen LogP contribution in [-0.2, 0) is 0 Å². The molecular weight excluding hydrogens is 144 g/mol. The van der Waals surface area contributed by atoms with Gasteiger partial charge in [-0.2, -0.15) is 0 Å². The van der Waals surface area contributed by atoms with Crippen molar-refractivity contribution in [3.8, 4) is 0 Å². The van der Waals surface area contributed by atoms with E-state index in [2.05, 4.69) is 34.6 Å². The summed E-state index contributed by atoms with van der Waals surface area (Å²) in [6.07, 6.45) is 4.21. The van der Waals surface area contributed by atoms with Crippen molar-refractivity contribution in [1.82, 2.24) is 0 Å². The molecule has 0 bridgehead atoms. The molecule has 0 aliphatic heterocycles. The van der Waals surface area contributed by atoms with Crippen molar-refractivity contribution >= 4 is 0 Å². The molecule has 1 fully saturated rings. The van der Waals surface area contributed by atoms with Gasteiger partial charge in [-0.15, -0.1) is 0 Å². The van der Waals surface area contributed by atoms with Crippen LogP contribution in [0.15, 0.2) is 0 Å². The largest absolute Gasteiger partial charge is 0.0654 e. The Morgan fingerprint density at radius 2 is 1.83 bits per heavy atom. The van der Waals surface area contributed by atoms with Crippen LogP contribution in [0.4, 0.5) is 0 Å². The molecule has 0 amide bonds. The summed E-state index contributed by atoms with van der Waals surface area (Å²) < 4.78 is 0. The third kappa shape index (κ3) is 1.53. The lowest BCUT2D eigenvalue weighted by Crippen LogP contribution is -2.21. The zero-order chi connectivity index (χ0) is 9.35. The highest BCUT2D eigenvalue weighted by atomic mass is 14.5. The van der Waals surface area contributed by atoms with Gasteiger partial charge in [-0.25, -0.2) is 0 Å². The van der Waals surface area contributed by atoms with Gasteiger partial charge in [-0.3, -0.25) is 0 Å². The number of hydrogen-bond donors (Lipinski definition) is 0. The molecule has 1 aliphatic rings. The molecule has 12 heavy (non-hydrogen) atoms. The molecule has 0 aromatic carbocycles. The second-order valence-electron chi connectivity index (χ2n) is 5.23. The minimum atomic E-state index is 0.646. The first-order chi connectivity index (χ1) is 5.51. The normalized spacial score (nSPS) is 48.2. The summed E-state index contributed by atoms with van der Waals surface area (Å²) in [5.41, 5.74) is 0.646. The summed E-state index contributed by atoms with van der Waals surface area (Å²) in [6.45, 7) is 12.1. The number of rotatable bonds is 2. The van der Waals surface area contributed by atoms with E-state index < -0.39 is 0 Å². The summed E-state index contributed by atoms with van der Waals surface area (Å²) in [7, 11) is 0. The van der Waals surface area contributed by atoms with Crippen LogP contribution in [0.1, 0.15) is 53.9 Å². The minimum Gasteiger partial charge on any atom is -0.0654 e. The summed E-state index contributed by atoms with van der Waals surface area (Å²) in [4.78, 5) is 0. The van der Waals surface area contributed by atoms with Gasteiger partial charge >= 0.3 is 0 Å². The van der Waals surface area contributed by atoms with E-state index in [1.807, 2.05) is 0 Å². The van der Waals surface area contributed by atoms with Crippen LogP contribution in [0.2, 0.25) is 0 Å². The Labute approximate surface area is 77.7 Å². The summed E-state index contributed by atoms with van der Waals surface area (Å²) in [6, 6.07) is 0. The zero-order valence-corrected chi connectivity index (χ0v) is 9.35. The second kappa shape index (κ2) is 3.40. The molecule has 4 unspecified atom stereocenters. The monoisotopic (exact) mass is 168 g/mol. The van der Waals surface area contributed by atoms with Gasteiger partial charge in [0.25, 0.3) is 0 Å². The predicted octanol–water partition coefficient (Wildman–Crippen LogP) is 4.10. The van der Waals surface area contributed by atoms with Gasteiger partial charge in [0.05, 0.1) is 0 Å². The molecule has 4 atom stereocenters. The van der Waals surface area contributed by atoms with Crippen molar-refractivity contribution in [2.45, 2.75) is 53.9 Å². The average Bonchev–Trinajstić information content (AvgIpc) is 2.17. The Balaban J connectivity index is 2.67. The Kier molecular flexibility index (Phi) is 2.85. The van der Waals surface area contributed by atoms with E-state index in [4.69, 9.17) is 0 Å². The Morgan fingerprint density at radius 3 is 2.17 bits per heavy atom. The van der Waals surface area contributed by atoms with Crippen molar-refractivity contribution < 1.29 is 0 Å². The van der Waals surface area contributed by atoms with Gasteiger partial charge in [0.15, 0.2) is 0 Å². The first-order valence-electron chi connectivity index (χ1n) is 5.51. The molecule has 0 saturated heterocycles. The number of hydrogen-bond acceptors (Lipinski definition) is 0. The van der Waals surface area contributed by atoms with Crippen molar-refractivity contribution in [3.05, 3.63) is 0 Å². The van der Waals surface area contributed by atoms with E-state index in [0.29, 0.717) is 5.41 Å². The van der Waals surface area contributed by atoms with Crippen LogP contribution < -0.4 is 0 Å². The van der Waals surface area contributed by atoms with Gasteiger partial charge < -0.3 is 0 Å². The maximum atomic E-state index is 2.49. The van der Waals surface area contributed by atoms with Gasteiger partial charge in [0.1, 0.15) is 0 Å². The third-order valence-electron chi connectivity index (χ3n) is 4.39. The highest BCUT2D eigenvalue weighted by Gasteiger charge is 2.43. The topological polar surface area (TPSA) is 0 Å². The van der Waals surface area contributed by atoms with Crippen LogP contribution in [-0.4, -0.2) is 0 Å². The maximum Gasteiger partial charge on any atom is -0.0295 e. The molecular formula is C12H24. The van der Waals surface area contributed by atoms with Crippen molar-refractivity contribution in [2.75, 3.05) is 0 Å². The first kappa shape index (κ1) is 10.1. The van der Waals surface area contributed by atoms with Crippen LogP contribution in [0.5, 0.6) is 0 Å². The molecule has 1 aliphatic carbocycles. The highest BCUT2D eigenvalue weighted by Crippen LogP contribution is 2.52. The van der Waals surface area contributed by atoms with E-state index in [1.54, 1.807) is 0 Å². The Morgan fingerprint density at radius 1 is 1.25 bits per heavy atom. The average molecular weight is 168 g/mol. The summed E-state index contributed by atoms with van der Waals surface area (Å²) >= 11 is 0. The van der Waals surface area contributed by atoms with E-state index in [9.17, 15) is 0 Å². The molecule has 0 heterocycles. The van der Waals surface area contributed by atoms with Crippen molar-refractivity contribution in [1.29, 1.82) is 0 Å². The molecule has 0 N–H and O–H groups in total. The predicted molar refractivity (Wildman–Crippen MR) is 55.1 cm³/mol. The lowest BCUT2D eigenvalue weighted by Gasteiger charge is -2.30. The fraction of sp³-hybridized carbons (Fsp3) is 1.00. The molecule has 1 rings (SSSR count). The smallest absolute Gasteiger partial charge is 0.0295 e. The molecule has 0 aromatic rings. The lowest BCUT2D eigenvalue weighted by molar-refractivity contribution is 0.199. The standard InChI is InChI=1S/C12H24/c1-6-7-12(5)8-9(2)10(3)11(12)4/h9-11H,6-8H2,1-5H3. The van der Waals surface area contributed by atoms with E-state index in [-0.39, 0.29) is 0 Å². The molecule has 0 nitrogen and oxygen atoms in total. The Bertz CT molecular complexity index is 150. The van der Waals surface area contributed by atoms with Gasteiger partial charge in [-0.05, 0) is 36.0 Å².